The van der Waals surface area contributed by atoms with Crippen LogP contribution in [0.1, 0.15) is 36.2 Å². The van der Waals surface area contributed by atoms with E-state index in [4.69, 9.17) is 11.6 Å². The van der Waals surface area contributed by atoms with Crippen LogP contribution < -0.4 is 5.32 Å². The molecule has 0 aliphatic heterocycles. The lowest BCUT2D eigenvalue weighted by Gasteiger charge is -2.13. The Hall–Kier alpha value is -1.09. The van der Waals surface area contributed by atoms with E-state index in [1.54, 1.807) is 6.07 Å². The van der Waals surface area contributed by atoms with E-state index < -0.39 is 11.7 Å². The summed E-state index contributed by atoms with van der Waals surface area (Å²) in [5, 5.41) is 2.54. The molecule has 1 aromatic rings. The molecule has 1 N–H and O–H groups in total. The van der Waals surface area contributed by atoms with E-state index in [1.165, 1.54) is 12.1 Å². The maximum Gasteiger partial charge on any atom is 0.254 e. The van der Waals surface area contributed by atoms with Gasteiger partial charge < -0.3 is 5.32 Å². The number of rotatable bonds is 5. The number of amides is 1. The lowest BCUT2D eigenvalue weighted by Crippen LogP contribution is -2.31. The van der Waals surface area contributed by atoms with Crippen molar-refractivity contribution in [1.29, 1.82) is 0 Å². The smallest absolute Gasteiger partial charge is 0.254 e. The maximum atomic E-state index is 13.5. The molecule has 0 aliphatic rings. The fourth-order valence-corrected chi connectivity index (χ4v) is 2.14. The van der Waals surface area contributed by atoms with E-state index in [1.807, 2.05) is 6.92 Å². The molecule has 0 radical (unpaired) electrons. The highest BCUT2D eigenvalue weighted by Crippen LogP contribution is 2.12. The summed E-state index contributed by atoms with van der Waals surface area (Å²) in [6.45, 7) is 6.31. The van der Waals surface area contributed by atoms with Crippen LogP contribution in [0.3, 0.4) is 0 Å². The minimum absolute atomic E-state index is 0.0726. The fourth-order valence-electron chi connectivity index (χ4n) is 1.71. The van der Waals surface area contributed by atoms with Gasteiger partial charge in [0.05, 0.1) is 10.9 Å². The fraction of sp³-hybridized carbons (Fsp3) is 0.500. The van der Waals surface area contributed by atoms with Crippen molar-refractivity contribution in [2.75, 3.05) is 6.54 Å². The van der Waals surface area contributed by atoms with E-state index in [-0.39, 0.29) is 10.9 Å². The zero-order valence-corrected chi connectivity index (χ0v) is 11.7. The first-order valence-corrected chi connectivity index (χ1v) is 6.52. The Labute approximate surface area is 113 Å². The summed E-state index contributed by atoms with van der Waals surface area (Å²) in [7, 11) is 0. The molecule has 18 heavy (non-hydrogen) atoms. The molecule has 0 aliphatic carbocycles. The van der Waals surface area contributed by atoms with Crippen molar-refractivity contribution in [3.63, 3.8) is 0 Å². The first-order chi connectivity index (χ1) is 8.40. The van der Waals surface area contributed by atoms with Crippen molar-refractivity contribution >= 4 is 17.5 Å². The SMILES string of the molecule is Cc1ccc(F)c(C(=O)NCC(Cl)CC(C)C)c1. The predicted molar refractivity (Wildman–Crippen MR) is 72.6 cm³/mol. The topological polar surface area (TPSA) is 29.1 Å². The average Bonchev–Trinajstić information content (AvgIpc) is 2.28. The molecule has 0 bridgehead atoms. The van der Waals surface area contributed by atoms with Crippen molar-refractivity contribution in [3.8, 4) is 0 Å². The van der Waals surface area contributed by atoms with Gasteiger partial charge in [-0.3, -0.25) is 4.79 Å². The molecule has 1 rings (SSSR count). The van der Waals surface area contributed by atoms with Crippen molar-refractivity contribution in [2.45, 2.75) is 32.6 Å². The summed E-state index contributed by atoms with van der Waals surface area (Å²) in [5.74, 6) is -0.446. The highest BCUT2D eigenvalue weighted by atomic mass is 35.5. The third-order valence-electron chi connectivity index (χ3n) is 2.58. The molecule has 0 saturated carbocycles. The molecule has 0 heterocycles. The monoisotopic (exact) mass is 271 g/mol. The number of benzene rings is 1. The summed E-state index contributed by atoms with van der Waals surface area (Å²) < 4.78 is 13.5. The van der Waals surface area contributed by atoms with Crippen LogP contribution in [0.15, 0.2) is 18.2 Å². The van der Waals surface area contributed by atoms with Gasteiger partial charge in [-0.05, 0) is 31.4 Å². The van der Waals surface area contributed by atoms with Gasteiger partial charge in [0.25, 0.3) is 5.91 Å². The molecule has 0 fully saturated rings. The van der Waals surface area contributed by atoms with Gasteiger partial charge in [-0.1, -0.05) is 25.5 Å². The Kier molecular flexibility index (Phi) is 5.60. The molecular weight excluding hydrogens is 253 g/mol. The zero-order chi connectivity index (χ0) is 13.7. The molecule has 0 saturated heterocycles. The number of aryl methyl sites for hydroxylation is 1. The average molecular weight is 272 g/mol. The van der Waals surface area contributed by atoms with Crippen LogP contribution in [0.5, 0.6) is 0 Å². The van der Waals surface area contributed by atoms with Crippen LogP contribution in [0.2, 0.25) is 0 Å². The Bertz CT molecular complexity index is 420. The predicted octanol–water partition coefficient (Wildman–Crippen LogP) is 3.52. The lowest BCUT2D eigenvalue weighted by molar-refractivity contribution is 0.0948. The Morgan fingerprint density at radius 2 is 2.11 bits per heavy atom. The highest BCUT2D eigenvalue weighted by Gasteiger charge is 2.14. The van der Waals surface area contributed by atoms with Crippen LogP contribution in [-0.4, -0.2) is 17.8 Å². The van der Waals surface area contributed by atoms with Crippen molar-refractivity contribution in [1.82, 2.24) is 5.32 Å². The van der Waals surface area contributed by atoms with Gasteiger partial charge in [-0.15, -0.1) is 11.6 Å². The van der Waals surface area contributed by atoms with Gasteiger partial charge in [-0.25, -0.2) is 4.39 Å². The van der Waals surface area contributed by atoms with E-state index in [2.05, 4.69) is 19.2 Å². The van der Waals surface area contributed by atoms with E-state index in [0.29, 0.717) is 12.5 Å². The third-order valence-corrected chi connectivity index (χ3v) is 2.91. The zero-order valence-electron chi connectivity index (χ0n) is 11.0. The minimum Gasteiger partial charge on any atom is -0.350 e. The standard InChI is InChI=1S/C14H19ClFNO/c1-9(2)6-11(15)8-17-14(18)12-7-10(3)4-5-13(12)16/h4-5,7,9,11H,6,8H2,1-3H3,(H,17,18). The molecule has 4 heteroatoms. The van der Waals surface area contributed by atoms with Crippen molar-refractivity contribution in [3.05, 3.63) is 35.1 Å². The molecule has 2 nitrogen and oxygen atoms in total. The Morgan fingerprint density at radius 1 is 1.44 bits per heavy atom. The van der Waals surface area contributed by atoms with E-state index in [0.717, 1.165) is 12.0 Å². The van der Waals surface area contributed by atoms with Gasteiger partial charge in [0.15, 0.2) is 0 Å². The third kappa shape index (κ3) is 4.65. The van der Waals surface area contributed by atoms with Crippen LogP contribution in [0, 0.1) is 18.7 Å². The highest BCUT2D eigenvalue weighted by molar-refractivity contribution is 6.20. The lowest BCUT2D eigenvalue weighted by atomic mass is 10.1. The minimum atomic E-state index is -0.506. The van der Waals surface area contributed by atoms with Crippen LogP contribution in [-0.2, 0) is 0 Å². The van der Waals surface area contributed by atoms with E-state index >= 15 is 0 Å². The van der Waals surface area contributed by atoms with E-state index in [9.17, 15) is 9.18 Å². The number of halogens is 2. The summed E-state index contributed by atoms with van der Waals surface area (Å²) in [4.78, 5) is 11.8. The van der Waals surface area contributed by atoms with Crippen LogP contribution in [0.25, 0.3) is 0 Å². The molecule has 1 unspecified atom stereocenters. The molecule has 100 valence electrons. The molecule has 0 aromatic heterocycles. The molecule has 1 aromatic carbocycles. The molecule has 1 atom stereocenters. The Balaban J connectivity index is 2.58. The molecule has 1 amide bonds. The first-order valence-electron chi connectivity index (χ1n) is 6.08. The molecular formula is C14H19ClFNO. The molecule has 0 spiro atoms. The number of carbonyl (C=O) groups excluding carboxylic acids is 1. The summed E-state index contributed by atoms with van der Waals surface area (Å²) in [5.41, 5.74) is 0.926. The number of nitrogens with one attached hydrogen (secondary N) is 1. The summed E-state index contributed by atoms with van der Waals surface area (Å²) in [6.07, 6.45) is 0.818. The van der Waals surface area contributed by atoms with Crippen LogP contribution in [0.4, 0.5) is 4.39 Å². The number of alkyl halides is 1. The summed E-state index contributed by atoms with van der Waals surface area (Å²) in [6, 6.07) is 4.47. The summed E-state index contributed by atoms with van der Waals surface area (Å²) >= 11 is 6.07. The van der Waals surface area contributed by atoms with Gasteiger partial charge in [0.1, 0.15) is 5.82 Å². The second-order valence-electron chi connectivity index (χ2n) is 4.92. The number of hydrogen-bond donors (Lipinski definition) is 1. The largest absolute Gasteiger partial charge is 0.350 e. The van der Waals surface area contributed by atoms with Gasteiger partial charge >= 0.3 is 0 Å². The van der Waals surface area contributed by atoms with Gasteiger partial charge in [-0.2, -0.15) is 0 Å². The Morgan fingerprint density at radius 3 is 2.72 bits per heavy atom. The quantitative estimate of drug-likeness (QED) is 0.816. The number of carbonyl (C=O) groups is 1. The van der Waals surface area contributed by atoms with Crippen molar-refractivity contribution < 1.29 is 9.18 Å². The maximum absolute atomic E-state index is 13.5. The van der Waals surface area contributed by atoms with Crippen molar-refractivity contribution in [2.24, 2.45) is 5.92 Å². The normalized spacial score (nSPS) is 12.6. The second-order valence-corrected chi connectivity index (χ2v) is 5.54. The second kappa shape index (κ2) is 6.74. The van der Waals surface area contributed by atoms with Gasteiger partial charge in [0, 0.05) is 6.54 Å². The van der Waals surface area contributed by atoms with Crippen LogP contribution >= 0.6 is 11.6 Å². The first kappa shape index (κ1) is 15.0. The number of hydrogen-bond acceptors (Lipinski definition) is 1. The van der Waals surface area contributed by atoms with Gasteiger partial charge in [0.2, 0.25) is 0 Å².